The van der Waals surface area contributed by atoms with Crippen molar-refractivity contribution in [2.24, 2.45) is 0 Å². The van der Waals surface area contributed by atoms with Gasteiger partial charge in [0.25, 0.3) is 11.8 Å². The summed E-state index contributed by atoms with van der Waals surface area (Å²) < 4.78 is 38.3. The van der Waals surface area contributed by atoms with Crippen LogP contribution in [0.25, 0.3) is 0 Å². The normalized spacial score (nSPS) is 14.3. The number of anilines is 1. The Kier molecular flexibility index (Phi) is 7.29. The van der Waals surface area contributed by atoms with Gasteiger partial charge in [-0.15, -0.1) is 0 Å². The number of nitrogens with one attached hydrogen (secondary N) is 2. The first-order valence-corrected chi connectivity index (χ1v) is 9.18. The molecule has 0 heterocycles. The molecular weight excluding hydrogens is 441 g/mol. The van der Waals surface area contributed by atoms with Gasteiger partial charge in [0.05, 0.1) is 10.7 Å². The molecule has 2 aromatic rings. The van der Waals surface area contributed by atoms with Crippen molar-refractivity contribution in [3.63, 3.8) is 0 Å². The summed E-state index contributed by atoms with van der Waals surface area (Å²) in [7, 11) is 0. The Bertz CT molecular complexity index is 981. The lowest BCUT2D eigenvalue weighted by atomic mass is 10.0. The minimum atomic E-state index is -5.21. The fourth-order valence-electron chi connectivity index (χ4n) is 2.42. The number of rotatable bonds is 7. The monoisotopic (exact) mass is 458 g/mol. The van der Waals surface area contributed by atoms with Crippen molar-refractivity contribution in [1.29, 1.82) is 0 Å². The zero-order chi connectivity index (χ0) is 23.4. The number of carboxylic acids is 1. The number of aliphatic hydroxyl groups is 1. The van der Waals surface area contributed by atoms with E-state index in [1.54, 1.807) is 30.3 Å². The van der Waals surface area contributed by atoms with Crippen molar-refractivity contribution in [2.75, 3.05) is 5.32 Å². The first kappa shape index (κ1) is 24.2. The Morgan fingerprint density at radius 1 is 1.10 bits per heavy atom. The average molecular weight is 459 g/mol. The zero-order valence-electron chi connectivity index (χ0n) is 16.0. The molecule has 0 saturated carbocycles. The number of carbonyl (C=O) groups is 3. The van der Waals surface area contributed by atoms with Crippen LogP contribution < -0.4 is 10.6 Å². The summed E-state index contributed by atoms with van der Waals surface area (Å²) in [4.78, 5) is 35.7. The van der Waals surface area contributed by atoms with Gasteiger partial charge in [-0.1, -0.05) is 41.9 Å². The van der Waals surface area contributed by atoms with Crippen molar-refractivity contribution in [3.05, 3.63) is 64.7 Å². The molecule has 0 bridgehead atoms. The molecule has 0 spiro atoms. The van der Waals surface area contributed by atoms with E-state index in [-0.39, 0.29) is 29.6 Å². The molecule has 2 amide bonds. The molecule has 2 atom stereocenters. The van der Waals surface area contributed by atoms with Gasteiger partial charge >= 0.3 is 12.1 Å². The fraction of sp³-hybridized carbons (Fsp3) is 0.250. The summed E-state index contributed by atoms with van der Waals surface area (Å²) in [5.74, 6) is -3.81. The highest BCUT2D eigenvalue weighted by Gasteiger charge is 2.55. The van der Waals surface area contributed by atoms with Gasteiger partial charge in [0.15, 0.2) is 0 Å². The molecule has 4 N–H and O–H groups in total. The maximum atomic E-state index is 12.8. The lowest BCUT2D eigenvalue weighted by Crippen LogP contribution is -2.52. The molecule has 166 valence electrons. The molecule has 0 unspecified atom stereocenters. The standard InChI is InChI=1S/C20H18ClF3N2O5/c1-19(31,20(22,23)24)18(30)26-14-8-7-12(10-13(14)21)16(27)25-15(17(28)29)9-11-5-3-2-4-6-11/h2-8,10,15,31H,9H2,1H3,(H,25,27)(H,26,30)(H,28,29)/t15-,19+/m0/s1. The summed E-state index contributed by atoms with van der Waals surface area (Å²) in [6, 6.07) is 10.6. The summed E-state index contributed by atoms with van der Waals surface area (Å²) in [6.07, 6.45) is -5.19. The summed E-state index contributed by atoms with van der Waals surface area (Å²) >= 11 is 5.94. The van der Waals surface area contributed by atoms with Crippen LogP contribution in [0, 0.1) is 0 Å². The van der Waals surface area contributed by atoms with Crippen molar-refractivity contribution >= 4 is 35.1 Å². The number of hydrogen-bond donors (Lipinski definition) is 4. The molecule has 7 nitrogen and oxygen atoms in total. The van der Waals surface area contributed by atoms with E-state index in [4.69, 9.17) is 11.6 Å². The summed E-state index contributed by atoms with van der Waals surface area (Å²) in [6.45, 7) is 0.289. The highest BCUT2D eigenvalue weighted by Crippen LogP contribution is 2.32. The lowest BCUT2D eigenvalue weighted by molar-refractivity contribution is -0.242. The summed E-state index contributed by atoms with van der Waals surface area (Å²) in [5, 5.41) is 22.7. The molecule has 11 heteroatoms. The van der Waals surface area contributed by atoms with E-state index in [2.05, 4.69) is 5.32 Å². The summed E-state index contributed by atoms with van der Waals surface area (Å²) in [5.41, 5.74) is -3.32. The number of aliphatic carboxylic acids is 1. The first-order chi connectivity index (χ1) is 14.3. The van der Waals surface area contributed by atoms with Crippen LogP contribution in [0.3, 0.4) is 0 Å². The number of carbonyl (C=O) groups excluding carboxylic acids is 2. The third kappa shape index (κ3) is 5.96. The Labute approximate surface area is 179 Å². The second kappa shape index (κ2) is 9.36. The third-order valence-corrected chi connectivity index (χ3v) is 4.67. The Morgan fingerprint density at radius 3 is 2.23 bits per heavy atom. The van der Waals surface area contributed by atoms with E-state index in [9.17, 15) is 37.8 Å². The largest absolute Gasteiger partial charge is 0.480 e. The number of carboxylic acid groups (broad SMARTS) is 1. The van der Waals surface area contributed by atoms with Crippen LogP contribution in [0.4, 0.5) is 18.9 Å². The van der Waals surface area contributed by atoms with Crippen molar-refractivity contribution in [1.82, 2.24) is 5.32 Å². The van der Waals surface area contributed by atoms with Crippen LogP contribution in [0.1, 0.15) is 22.8 Å². The van der Waals surface area contributed by atoms with Crippen molar-refractivity contribution in [3.8, 4) is 0 Å². The minimum absolute atomic E-state index is 0.0241. The predicted octanol–water partition coefficient (Wildman–Crippen LogP) is 3.02. The average Bonchev–Trinajstić information content (AvgIpc) is 2.68. The fourth-order valence-corrected chi connectivity index (χ4v) is 2.65. The quantitative estimate of drug-likeness (QED) is 0.509. The topological polar surface area (TPSA) is 116 Å². The van der Waals surface area contributed by atoms with Crippen LogP contribution in [-0.2, 0) is 16.0 Å². The molecule has 2 rings (SSSR count). The van der Waals surface area contributed by atoms with Crippen LogP contribution in [0.15, 0.2) is 48.5 Å². The maximum Gasteiger partial charge on any atom is 0.426 e. The van der Waals surface area contributed by atoms with E-state index in [1.165, 1.54) is 0 Å². The van der Waals surface area contributed by atoms with Gasteiger partial charge in [-0.05, 0) is 30.7 Å². The number of alkyl halides is 3. The molecule has 0 aliphatic carbocycles. The zero-order valence-corrected chi connectivity index (χ0v) is 16.8. The molecular formula is C20H18ClF3N2O5. The van der Waals surface area contributed by atoms with E-state index in [0.717, 1.165) is 18.2 Å². The van der Waals surface area contributed by atoms with E-state index in [1.807, 2.05) is 5.32 Å². The van der Waals surface area contributed by atoms with Crippen LogP contribution in [0.5, 0.6) is 0 Å². The van der Waals surface area contributed by atoms with Gasteiger partial charge in [0.2, 0.25) is 5.60 Å². The number of benzene rings is 2. The first-order valence-electron chi connectivity index (χ1n) is 8.80. The van der Waals surface area contributed by atoms with Crippen molar-refractivity contribution in [2.45, 2.75) is 31.2 Å². The second-order valence-corrected chi connectivity index (χ2v) is 7.18. The second-order valence-electron chi connectivity index (χ2n) is 6.77. The minimum Gasteiger partial charge on any atom is -0.480 e. The lowest BCUT2D eigenvalue weighted by Gasteiger charge is -2.25. The van der Waals surface area contributed by atoms with Gasteiger partial charge in [0, 0.05) is 12.0 Å². The smallest absolute Gasteiger partial charge is 0.426 e. The molecule has 0 radical (unpaired) electrons. The molecule has 0 aliphatic rings. The number of amides is 2. The Balaban J connectivity index is 2.13. The molecule has 0 aliphatic heterocycles. The molecule has 31 heavy (non-hydrogen) atoms. The van der Waals surface area contributed by atoms with Gasteiger partial charge in [-0.3, -0.25) is 9.59 Å². The van der Waals surface area contributed by atoms with Gasteiger partial charge in [-0.2, -0.15) is 13.2 Å². The van der Waals surface area contributed by atoms with Crippen LogP contribution >= 0.6 is 11.6 Å². The van der Waals surface area contributed by atoms with E-state index < -0.39 is 35.6 Å². The highest BCUT2D eigenvalue weighted by atomic mass is 35.5. The SMILES string of the molecule is C[C@@](O)(C(=O)Nc1ccc(C(=O)N[C@@H](Cc2ccccc2)C(=O)O)cc1Cl)C(F)(F)F. The van der Waals surface area contributed by atoms with Crippen molar-refractivity contribution < 1.29 is 37.8 Å². The van der Waals surface area contributed by atoms with Gasteiger partial charge < -0.3 is 20.8 Å². The molecule has 0 saturated heterocycles. The molecule has 0 aromatic heterocycles. The maximum absolute atomic E-state index is 12.8. The number of hydrogen-bond acceptors (Lipinski definition) is 4. The van der Waals surface area contributed by atoms with E-state index >= 15 is 0 Å². The van der Waals surface area contributed by atoms with Crippen LogP contribution in [0.2, 0.25) is 5.02 Å². The van der Waals surface area contributed by atoms with Crippen LogP contribution in [-0.4, -0.2) is 45.8 Å². The van der Waals surface area contributed by atoms with Gasteiger partial charge in [-0.25, -0.2) is 4.79 Å². The Hall–Kier alpha value is -3.11. The molecule has 2 aromatic carbocycles. The number of halogens is 4. The third-order valence-electron chi connectivity index (χ3n) is 4.36. The molecule has 0 fully saturated rings. The highest BCUT2D eigenvalue weighted by molar-refractivity contribution is 6.34. The predicted molar refractivity (Wildman–Crippen MR) is 106 cm³/mol. The van der Waals surface area contributed by atoms with E-state index in [0.29, 0.717) is 5.56 Å². The van der Waals surface area contributed by atoms with Gasteiger partial charge in [0.1, 0.15) is 6.04 Å². The Morgan fingerprint density at radius 2 is 1.71 bits per heavy atom.